The standard InChI is InChI=1S/C29H37N3O3/c1-34-27-15-22-11-14-32(29(33)17-24(22)16-28(27)35-2)20-21-7-5-12-31(19-21)13-6-8-23-18-30-26-10-4-3-9-25(23)26/h3-4,9-10,15-16,18,21,30H,5-8,11-14,17,19-20H2,1-2H3. The maximum Gasteiger partial charge on any atom is 0.227 e. The molecule has 6 heteroatoms. The summed E-state index contributed by atoms with van der Waals surface area (Å²) in [5.74, 6) is 2.21. The number of hydrogen-bond donors (Lipinski definition) is 1. The van der Waals surface area contributed by atoms with Gasteiger partial charge in [-0.25, -0.2) is 0 Å². The molecule has 1 N–H and O–H groups in total. The van der Waals surface area contributed by atoms with Crippen molar-refractivity contribution in [3.05, 3.63) is 59.3 Å². The molecule has 0 spiro atoms. The number of carbonyl (C=O) groups is 1. The molecule has 1 unspecified atom stereocenters. The lowest BCUT2D eigenvalue weighted by atomic mass is 9.96. The number of nitrogens with one attached hydrogen (secondary N) is 1. The Morgan fingerprint density at radius 3 is 2.69 bits per heavy atom. The molecule has 5 rings (SSSR count). The smallest absolute Gasteiger partial charge is 0.227 e. The van der Waals surface area contributed by atoms with E-state index in [1.165, 1.54) is 41.4 Å². The molecule has 1 atom stereocenters. The Bertz CT molecular complexity index is 1170. The van der Waals surface area contributed by atoms with Gasteiger partial charge in [-0.05, 0) is 86.0 Å². The van der Waals surface area contributed by atoms with Crippen molar-refractivity contribution in [2.75, 3.05) is 46.9 Å². The third kappa shape index (κ3) is 5.32. The number of fused-ring (bicyclic) bond motifs is 2. The molecule has 186 valence electrons. The largest absolute Gasteiger partial charge is 0.493 e. The minimum atomic E-state index is 0.229. The fourth-order valence-electron chi connectivity index (χ4n) is 5.86. The lowest BCUT2D eigenvalue weighted by molar-refractivity contribution is -0.131. The monoisotopic (exact) mass is 475 g/mol. The number of para-hydroxylation sites is 1. The number of piperidine rings is 1. The predicted molar refractivity (Wildman–Crippen MR) is 139 cm³/mol. The van der Waals surface area contributed by atoms with Crippen LogP contribution in [0.15, 0.2) is 42.6 Å². The van der Waals surface area contributed by atoms with Gasteiger partial charge in [0.2, 0.25) is 5.91 Å². The van der Waals surface area contributed by atoms with Gasteiger partial charge in [-0.3, -0.25) is 4.79 Å². The van der Waals surface area contributed by atoms with Gasteiger partial charge in [0.15, 0.2) is 11.5 Å². The first-order valence-corrected chi connectivity index (χ1v) is 12.9. The Kier molecular flexibility index (Phi) is 7.28. The zero-order chi connectivity index (χ0) is 24.2. The first-order valence-electron chi connectivity index (χ1n) is 12.9. The molecule has 1 aromatic heterocycles. The van der Waals surface area contributed by atoms with Crippen LogP contribution in [0.5, 0.6) is 11.5 Å². The van der Waals surface area contributed by atoms with Crippen molar-refractivity contribution in [1.82, 2.24) is 14.8 Å². The minimum absolute atomic E-state index is 0.229. The summed E-state index contributed by atoms with van der Waals surface area (Å²) in [4.78, 5) is 21.2. The molecule has 2 aliphatic heterocycles. The second-order valence-electron chi connectivity index (χ2n) is 10.0. The number of benzene rings is 2. The molecule has 2 aliphatic rings. The Morgan fingerprint density at radius 1 is 1.06 bits per heavy atom. The number of hydrogen-bond acceptors (Lipinski definition) is 4. The summed E-state index contributed by atoms with van der Waals surface area (Å²) in [6, 6.07) is 12.6. The third-order valence-corrected chi connectivity index (χ3v) is 7.73. The first-order chi connectivity index (χ1) is 17.1. The lowest BCUT2D eigenvalue weighted by Crippen LogP contribution is -2.43. The van der Waals surface area contributed by atoms with Crippen LogP contribution in [-0.2, 0) is 24.1 Å². The number of methoxy groups -OCH3 is 2. The Hall–Kier alpha value is -2.99. The van der Waals surface area contributed by atoms with Gasteiger partial charge in [0, 0.05) is 36.7 Å². The summed E-state index contributed by atoms with van der Waals surface area (Å²) in [5.41, 5.74) is 4.90. The number of aryl methyl sites for hydroxylation is 1. The van der Waals surface area contributed by atoms with E-state index in [-0.39, 0.29) is 5.91 Å². The zero-order valence-electron chi connectivity index (χ0n) is 21.0. The second kappa shape index (κ2) is 10.7. The molecule has 1 saturated heterocycles. The maximum absolute atomic E-state index is 13.1. The molecule has 3 heterocycles. The second-order valence-corrected chi connectivity index (χ2v) is 10.0. The predicted octanol–water partition coefficient (Wildman–Crippen LogP) is 4.46. The van der Waals surface area contributed by atoms with E-state index in [4.69, 9.17) is 9.47 Å². The van der Waals surface area contributed by atoms with Gasteiger partial charge in [0.05, 0.1) is 20.6 Å². The van der Waals surface area contributed by atoms with Gasteiger partial charge in [0.1, 0.15) is 0 Å². The summed E-state index contributed by atoms with van der Waals surface area (Å²) >= 11 is 0. The van der Waals surface area contributed by atoms with Crippen LogP contribution in [0.3, 0.4) is 0 Å². The molecule has 0 bridgehead atoms. The summed E-state index contributed by atoms with van der Waals surface area (Å²) in [6.07, 6.45) is 8.15. The van der Waals surface area contributed by atoms with Crippen LogP contribution in [0, 0.1) is 5.92 Å². The van der Waals surface area contributed by atoms with Crippen LogP contribution in [0.25, 0.3) is 10.9 Å². The van der Waals surface area contributed by atoms with Crippen molar-refractivity contribution in [3.63, 3.8) is 0 Å². The average molecular weight is 476 g/mol. The van der Waals surface area contributed by atoms with E-state index < -0.39 is 0 Å². The van der Waals surface area contributed by atoms with Gasteiger partial charge in [-0.1, -0.05) is 18.2 Å². The number of aromatic amines is 1. The molecular weight excluding hydrogens is 438 g/mol. The summed E-state index contributed by atoms with van der Waals surface area (Å²) < 4.78 is 10.9. The summed E-state index contributed by atoms with van der Waals surface area (Å²) in [6.45, 7) is 5.02. The number of carbonyl (C=O) groups excluding carboxylic acids is 1. The fourth-order valence-corrected chi connectivity index (χ4v) is 5.86. The van der Waals surface area contributed by atoms with Gasteiger partial charge in [-0.15, -0.1) is 0 Å². The van der Waals surface area contributed by atoms with E-state index in [1.54, 1.807) is 14.2 Å². The van der Waals surface area contributed by atoms with Crippen LogP contribution >= 0.6 is 0 Å². The van der Waals surface area contributed by atoms with Crippen LogP contribution in [-0.4, -0.2) is 67.6 Å². The number of amides is 1. The Labute approximate surface area is 208 Å². The quantitative estimate of drug-likeness (QED) is 0.523. The number of H-pyrrole nitrogens is 1. The normalized spacial score (nSPS) is 19.0. The topological polar surface area (TPSA) is 57.8 Å². The van der Waals surface area contributed by atoms with Crippen LogP contribution in [0.1, 0.15) is 36.0 Å². The van der Waals surface area contributed by atoms with E-state index in [2.05, 4.69) is 45.2 Å². The molecule has 2 aromatic carbocycles. The van der Waals surface area contributed by atoms with Crippen molar-refractivity contribution in [2.24, 2.45) is 5.92 Å². The zero-order valence-corrected chi connectivity index (χ0v) is 21.0. The summed E-state index contributed by atoms with van der Waals surface area (Å²) in [7, 11) is 3.30. The highest BCUT2D eigenvalue weighted by molar-refractivity contribution is 5.83. The number of rotatable bonds is 8. The van der Waals surface area contributed by atoms with E-state index in [1.807, 2.05) is 12.1 Å². The highest BCUT2D eigenvalue weighted by atomic mass is 16.5. The van der Waals surface area contributed by atoms with Gasteiger partial charge >= 0.3 is 0 Å². The summed E-state index contributed by atoms with van der Waals surface area (Å²) in [5, 5.41) is 1.35. The van der Waals surface area contributed by atoms with Crippen molar-refractivity contribution < 1.29 is 14.3 Å². The van der Waals surface area contributed by atoms with E-state index in [9.17, 15) is 4.79 Å². The first kappa shape index (κ1) is 23.7. The molecule has 6 nitrogen and oxygen atoms in total. The number of nitrogens with zero attached hydrogens (tertiary/aromatic N) is 2. The lowest BCUT2D eigenvalue weighted by Gasteiger charge is -2.35. The van der Waals surface area contributed by atoms with Crippen molar-refractivity contribution in [3.8, 4) is 11.5 Å². The highest BCUT2D eigenvalue weighted by Gasteiger charge is 2.27. The maximum atomic E-state index is 13.1. The Balaban J connectivity index is 1.15. The molecule has 0 radical (unpaired) electrons. The number of ether oxygens (including phenoxy) is 2. The molecular formula is C29H37N3O3. The highest BCUT2D eigenvalue weighted by Crippen LogP contribution is 2.33. The van der Waals surface area contributed by atoms with Crippen LogP contribution in [0.4, 0.5) is 0 Å². The van der Waals surface area contributed by atoms with Crippen molar-refractivity contribution in [2.45, 2.75) is 38.5 Å². The molecule has 3 aromatic rings. The van der Waals surface area contributed by atoms with E-state index in [0.29, 0.717) is 18.1 Å². The average Bonchev–Trinajstić information content (AvgIpc) is 3.23. The minimum Gasteiger partial charge on any atom is -0.493 e. The number of likely N-dealkylation sites (tertiary alicyclic amines) is 1. The number of aromatic nitrogens is 1. The van der Waals surface area contributed by atoms with E-state index in [0.717, 1.165) is 56.8 Å². The van der Waals surface area contributed by atoms with Crippen LogP contribution in [0.2, 0.25) is 0 Å². The molecule has 1 fully saturated rings. The van der Waals surface area contributed by atoms with Gasteiger partial charge in [-0.2, -0.15) is 0 Å². The molecule has 0 saturated carbocycles. The van der Waals surface area contributed by atoms with Crippen molar-refractivity contribution in [1.29, 1.82) is 0 Å². The fraction of sp³-hybridized carbons (Fsp3) is 0.483. The van der Waals surface area contributed by atoms with Gasteiger partial charge in [0.25, 0.3) is 0 Å². The van der Waals surface area contributed by atoms with E-state index >= 15 is 0 Å². The molecule has 0 aliphatic carbocycles. The van der Waals surface area contributed by atoms with Gasteiger partial charge < -0.3 is 24.3 Å². The molecule has 35 heavy (non-hydrogen) atoms. The van der Waals surface area contributed by atoms with Crippen molar-refractivity contribution >= 4 is 16.8 Å². The molecule has 1 amide bonds. The SMILES string of the molecule is COc1cc2c(cc1OC)CC(=O)N(CC1CCCN(CCCc3c[nH]c4ccccc34)C1)CC2. The Morgan fingerprint density at radius 2 is 1.86 bits per heavy atom. The third-order valence-electron chi connectivity index (χ3n) is 7.73. The van der Waals surface area contributed by atoms with Crippen LogP contribution < -0.4 is 9.47 Å².